The van der Waals surface area contributed by atoms with Crippen molar-refractivity contribution in [1.82, 2.24) is 5.32 Å². The summed E-state index contributed by atoms with van der Waals surface area (Å²) >= 11 is 0. The molecular formula is C14H21NO5. The summed E-state index contributed by atoms with van der Waals surface area (Å²) in [6, 6.07) is 5.10. The maximum Gasteiger partial charge on any atom is 0.180 e. The second-order valence-corrected chi connectivity index (χ2v) is 4.00. The van der Waals surface area contributed by atoms with Crippen LogP contribution in [0.1, 0.15) is 10.4 Å². The topological polar surface area (TPSA) is 77.0 Å². The summed E-state index contributed by atoms with van der Waals surface area (Å²) in [5.74, 6) is 1.05. The molecule has 1 rings (SSSR count). The minimum atomic E-state index is -0.0806. The largest absolute Gasteiger partial charge is 0.497 e. The molecule has 6 nitrogen and oxygen atoms in total. The molecule has 0 amide bonds. The quantitative estimate of drug-likeness (QED) is 0.480. The van der Waals surface area contributed by atoms with Gasteiger partial charge in [0.1, 0.15) is 11.5 Å². The van der Waals surface area contributed by atoms with Crippen LogP contribution in [0, 0.1) is 0 Å². The van der Waals surface area contributed by atoms with E-state index in [2.05, 4.69) is 5.32 Å². The van der Waals surface area contributed by atoms with E-state index in [9.17, 15) is 4.79 Å². The summed E-state index contributed by atoms with van der Waals surface area (Å²) in [4.78, 5) is 12.1. The lowest BCUT2D eigenvalue weighted by molar-refractivity contribution is 0.0905. The van der Waals surface area contributed by atoms with Crippen molar-refractivity contribution in [2.45, 2.75) is 0 Å². The highest BCUT2D eigenvalue weighted by molar-refractivity contribution is 6.00. The highest BCUT2D eigenvalue weighted by Gasteiger charge is 2.13. The van der Waals surface area contributed by atoms with Gasteiger partial charge in [0, 0.05) is 6.54 Å². The molecule has 0 bridgehead atoms. The minimum absolute atomic E-state index is 0.0000602. The maximum atomic E-state index is 12.1. The fraction of sp³-hybridized carbons (Fsp3) is 0.500. The number of nitrogens with one attached hydrogen (secondary N) is 1. The average Bonchev–Trinajstić information content (AvgIpc) is 2.49. The number of carbonyl (C=O) groups is 1. The Morgan fingerprint density at radius 1 is 1.25 bits per heavy atom. The van der Waals surface area contributed by atoms with Crippen LogP contribution in [0.15, 0.2) is 18.2 Å². The van der Waals surface area contributed by atoms with Gasteiger partial charge in [0.05, 0.1) is 46.1 Å². The third-order valence-electron chi connectivity index (χ3n) is 2.65. The number of rotatable bonds is 10. The van der Waals surface area contributed by atoms with Crippen LogP contribution in [-0.2, 0) is 4.74 Å². The van der Waals surface area contributed by atoms with Crippen molar-refractivity contribution in [1.29, 1.82) is 0 Å². The van der Waals surface area contributed by atoms with Gasteiger partial charge in [-0.15, -0.1) is 0 Å². The molecular weight excluding hydrogens is 262 g/mol. The molecule has 0 aliphatic rings. The van der Waals surface area contributed by atoms with E-state index in [0.29, 0.717) is 36.8 Å². The molecule has 0 unspecified atom stereocenters. The summed E-state index contributed by atoms with van der Waals surface area (Å²) < 4.78 is 15.4. The number of hydrogen-bond donors (Lipinski definition) is 2. The monoisotopic (exact) mass is 283 g/mol. The summed E-state index contributed by atoms with van der Waals surface area (Å²) in [5.41, 5.74) is 0.482. The van der Waals surface area contributed by atoms with Gasteiger partial charge >= 0.3 is 0 Å². The molecule has 20 heavy (non-hydrogen) atoms. The first-order chi connectivity index (χ1) is 9.72. The van der Waals surface area contributed by atoms with Crippen molar-refractivity contribution >= 4 is 5.78 Å². The highest BCUT2D eigenvalue weighted by Crippen LogP contribution is 2.24. The zero-order chi connectivity index (χ0) is 14.8. The standard InChI is InChI=1S/C14H21NO5/c1-18-11-3-4-14(19-2)12(9-11)13(17)10-15-5-7-20-8-6-16/h3-4,9,15-16H,5-8,10H2,1-2H3. The van der Waals surface area contributed by atoms with Crippen LogP contribution in [0.5, 0.6) is 11.5 Å². The molecule has 0 spiro atoms. The van der Waals surface area contributed by atoms with Gasteiger partial charge in [0.2, 0.25) is 0 Å². The lowest BCUT2D eigenvalue weighted by atomic mass is 10.1. The first-order valence-corrected chi connectivity index (χ1v) is 6.37. The normalized spacial score (nSPS) is 10.3. The fourth-order valence-corrected chi connectivity index (χ4v) is 1.64. The van der Waals surface area contributed by atoms with Crippen LogP contribution in [0.25, 0.3) is 0 Å². The molecule has 0 heterocycles. The molecule has 0 saturated heterocycles. The van der Waals surface area contributed by atoms with E-state index < -0.39 is 0 Å². The Bertz CT molecular complexity index is 422. The Labute approximate surface area is 118 Å². The van der Waals surface area contributed by atoms with Gasteiger partial charge in [-0.25, -0.2) is 0 Å². The first-order valence-electron chi connectivity index (χ1n) is 6.37. The Hall–Kier alpha value is -1.63. The number of hydrogen-bond acceptors (Lipinski definition) is 6. The lowest BCUT2D eigenvalue weighted by Gasteiger charge is -2.10. The van der Waals surface area contributed by atoms with Crippen molar-refractivity contribution in [2.75, 3.05) is 47.1 Å². The Kier molecular flexibility index (Phi) is 7.64. The van der Waals surface area contributed by atoms with Crippen molar-refractivity contribution in [2.24, 2.45) is 0 Å². The van der Waals surface area contributed by atoms with E-state index in [-0.39, 0.29) is 18.9 Å². The molecule has 0 aromatic heterocycles. The predicted molar refractivity (Wildman–Crippen MR) is 74.7 cm³/mol. The minimum Gasteiger partial charge on any atom is -0.497 e. The zero-order valence-corrected chi connectivity index (χ0v) is 11.8. The smallest absolute Gasteiger partial charge is 0.180 e. The second kappa shape index (κ2) is 9.30. The van der Waals surface area contributed by atoms with Gasteiger partial charge in [-0.1, -0.05) is 0 Å². The number of Topliss-reactive ketones (excluding diaryl/α,β-unsaturated/α-hetero) is 1. The summed E-state index contributed by atoms with van der Waals surface area (Å²) in [5, 5.41) is 11.5. The molecule has 2 N–H and O–H groups in total. The van der Waals surface area contributed by atoms with Gasteiger partial charge in [0.15, 0.2) is 5.78 Å². The number of carbonyl (C=O) groups excluding carboxylic acids is 1. The van der Waals surface area contributed by atoms with Gasteiger partial charge in [-0.3, -0.25) is 4.79 Å². The molecule has 1 aromatic carbocycles. The highest BCUT2D eigenvalue weighted by atomic mass is 16.5. The van der Waals surface area contributed by atoms with Crippen LogP contribution in [-0.4, -0.2) is 58.0 Å². The van der Waals surface area contributed by atoms with Crippen LogP contribution >= 0.6 is 0 Å². The molecule has 0 fully saturated rings. The number of ether oxygens (including phenoxy) is 3. The van der Waals surface area contributed by atoms with E-state index in [1.807, 2.05) is 0 Å². The second-order valence-electron chi connectivity index (χ2n) is 4.00. The Balaban J connectivity index is 2.49. The third kappa shape index (κ3) is 5.16. The maximum absolute atomic E-state index is 12.1. The summed E-state index contributed by atoms with van der Waals surface area (Å²) in [7, 11) is 3.07. The van der Waals surface area contributed by atoms with Gasteiger partial charge < -0.3 is 24.6 Å². The predicted octanol–water partition coefficient (Wildman–Crippen LogP) is 0.485. The Morgan fingerprint density at radius 3 is 2.70 bits per heavy atom. The van der Waals surface area contributed by atoms with Crippen molar-refractivity contribution in [3.63, 3.8) is 0 Å². The van der Waals surface area contributed by atoms with Gasteiger partial charge in [0.25, 0.3) is 0 Å². The fourth-order valence-electron chi connectivity index (χ4n) is 1.64. The number of aliphatic hydroxyl groups excluding tert-OH is 1. The van der Waals surface area contributed by atoms with Gasteiger partial charge in [-0.2, -0.15) is 0 Å². The third-order valence-corrected chi connectivity index (χ3v) is 2.65. The van der Waals surface area contributed by atoms with E-state index in [4.69, 9.17) is 19.3 Å². The van der Waals surface area contributed by atoms with Crippen LogP contribution < -0.4 is 14.8 Å². The van der Waals surface area contributed by atoms with Crippen molar-refractivity contribution in [3.05, 3.63) is 23.8 Å². The van der Waals surface area contributed by atoms with Crippen LogP contribution in [0.4, 0.5) is 0 Å². The summed E-state index contributed by atoms with van der Waals surface area (Å²) in [6.07, 6.45) is 0. The van der Waals surface area contributed by atoms with E-state index >= 15 is 0 Å². The van der Waals surface area contributed by atoms with Crippen molar-refractivity contribution < 1.29 is 24.1 Å². The molecule has 0 radical (unpaired) electrons. The first kappa shape index (κ1) is 16.4. The molecule has 1 aromatic rings. The number of ketones is 1. The van der Waals surface area contributed by atoms with Gasteiger partial charge in [-0.05, 0) is 18.2 Å². The molecule has 0 saturated carbocycles. The molecule has 0 aliphatic carbocycles. The van der Waals surface area contributed by atoms with Crippen LogP contribution in [0.3, 0.4) is 0 Å². The zero-order valence-electron chi connectivity index (χ0n) is 11.8. The lowest BCUT2D eigenvalue weighted by Crippen LogP contribution is -2.27. The molecule has 6 heteroatoms. The molecule has 112 valence electrons. The van der Waals surface area contributed by atoms with E-state index in [1.54, 1.807) is 25.3 Å². The molecule has 0 aliphatic heterocycles. The van der Waals surface area contributed by atoms with E-state index in [1.165, 1.54) is 7.11 Å². The average molecular weight is 283 g/mol. The Morgan fingerprint density at radius 2 is 2.05 bits per heavy atom. The van der Waals surface area contributed by atoms with Crippen LogP contribution in [0.2, 0.25) is 0 Å². The van der Waals surface area contributed by atoms with E-state index in [0.717, 1.165) is 0 Å². The number of benzene rings is 1. The SMILES string of the molecule is COc1ccc(OC)c(C(=O)CNCCOCCO)c1. The van der Waals surface area contributed by atoms with Crippen molar-refractivity contribution in [3.8, 4) is 11.5 Å². The number of aliphatic hydroxyl groups is 1. The summed E-state index contributed by atoms with van der Waals surface area (Å²) in [6.45, 7) is 1.48. The number of methoxy groups -OCH3 is 2. The molecule has 0 atom stereocenters.